The van der Waals surface area contributed by atoms with E-state index in [4.69, 9.17) is 4.74 Å². The van der Waals surface area contributed by atoms with Crippen LogP contribution >= 0.6 is 11.3 Å². The highest BCUT2D eigenvalue weighted by atomic mass is 32.1. The molecule has 0 aromatic carbocycles. The first-order valence-electron chi connectivity index (χ1n) is 4.69. The maximum atomic E-state index is 10.5. The summed E-state index contributed by atoms with van der Waals surface area (Å²) in [7, 11) is 0. The highest BCUT2D eigenvalue weighted by Gasteiger charge is 2.06. The molecule has 0 N–H and O–H groups in total. The highest BCUT2D eigenvalue weighted by molar-refractivity contribution is 7.16. The normalized spacial score (nSPS) is 10.1. The number of hydrogen-bond acceptors (Lipinski definition) is 6. The van der Waals surface area contributed by atoms with Crippen LogP contribution in [0.5, 0.6) is 5.88 Å². The topological polar surface area (TPSA) is 65.0 Å². The van der Waals surface area contributed by atoms with Crippen molar-refractivity contribution in [2.24, 2.45) is 0 Å². The molecule has 82 valence electrons. The van der Waals surface area contributed by atoms with Gasteiger partial charge in [-0.15, -0.1) is 11.3 Å². The summed E-state index contributed by atoms with van der Waals surface area (Å²) in [5.41, 5.74) is 0.663. The first kappa shape index (κ1) is 10.7. The van der Waals surface area contributed by atoms with E-state index >= 15 is 0 Å². The number of aromatic nitrogens is 3. The molecule has 0 fully saturated rings. The first-order valence-corrected chi connectivity index (χ1v) is 5.51. The summed E-state index contributed by atoms with van der Waals surface area (Å²) in [4.78, 5) is 23.5. The molecular formula is C10H9N3O2S. The number of ether oxygens (including phenoxy) is 1. The molecule has 0 spiro atoms. The van der Waals surface area contributed by atoms with Gasteiger partial charge in [0.2, 0.25) is 5.88 Å². The van der Waals surface area contributed by atoms with Gasteiger partial charge in [0, 0.05) is 6.20 Å². The van der Waals surface area contributed by atoms with E-state index in [1.807, 2.05) is 6.92 Å². The van der Waals surface area contributed by atoms with Crippen LogP contribution < -0.4 is 4.74 Å². The van der Waals surface area contributed by atoms with Crippen LogP contribution in [0.3, 0.4) is 0 Å². The molecular weight excluding hydrogens is 226 g/mol. The third-order valence-corrected chi connectivity index (χ3v) is 2.73. The Balaban J connectivity index is 2.32. The Morgan fingerprint density at radius 2 is 2.31 bits per heavy atom. The Bertz CT molecular complexity index is 498. The summed E-state index contributed by atoms with van der Waals surface area (Å²) in [5, 5.41) is 0.429. The summed E-state index contributed by atoms with van der Waals surface area (Å²) >= 11 is 1.28. The predicted octanol–water partition coefficient (Wildman–Crippen LogP) is 1.81. The van der Waals surface area contributed by atoms with Crippen LogP contribution in [-0.4, -0.2) is 27.8 Å². The average molecular weight is 235 g/mol. The second kappa shape index (κ2) is 4.80. The van der Waals surface area contributed by atoms with Crippen molar-refractivity contribution < 1.29 is 9.53 Å². The van der Waals surface area contributed by atoms with Crippen molar-refractivity contribution in [3.05, 3.63) is 23.6 Å². The average Bonchev–Trinajstić information content (AvgIpc) is 2.78. The van der Waals surface area contributed by atoms with Crippen LogP contribution in [0.4, 0.5) is 0 Å². The SMILES string of the molecule is CCOc1cncc(-c2cnc(C=O)s2)n1. The molecule has 0 aliphatic carbocycles. The minimum atomic E-state index is 0.429. The lowest BCUT2D eigenvalue weighted by molar-refractivity contribution is 0.112. The van der Waals surface area contributed by atoms with Crippen LogP contribution in [-0.2, 0) is 0 Å². The number of hydrogen-bond donors (Lipinski definition) is 0. The third-order valence-electron chi connectivity index (χ3n) is 1.78. The maximum absolute atomic E-state index is 10.5. The van der Waals surface area contributed by atoms with E-state index in [9.17, 15) is 4.79 Å². The van der Waals surface area contributed by atoms with Crippen LogP contribution in [0.15, 0.2) is 18.6 Å². The van der Waals surface area contributed by atoms with E-state index in [1.54, 1.807) is 18.6 Å². The van der Waals surface area contributed by atoms with Crippen molar-refractivity contribution in [3.8, 4) is 16.5 Å². The van der Waals surface area contributed by atoms with Gasteiger partial charge in [0.25, 0.3) is 0 Å². The van der Waals surface area contributed by atoms with E-state index in [-0.39, 0.29) is 0 Å². The summed E-state index contributed by atoms with van der Waals surface area (Å²) in [6, 6.07) is 0. The van der Waals surface area contributed by atoms with Crippen molar-refractivity contribution >= 4 is 17.6 Å². The van der Waals surface area contributed by atoms with Gasteiger partial charge in [-0.2, -0.15) is 0 Å². The first-order chi connectivity index (χ1) is 7.83. The highest BCUT2D eigenvalue weighted by Crippen LogP contribution is 2.24. The number of nitrogens with zero attached hydrogens (tertiary/aromatic N) is 3. The molecule has 16 heavy (non-hydrogen) atoms. The van der Waals surface area contributed by atoms with E-state index in [2.05, 4.69) is 15.0 Å². The molecule has 2 heterocycles. The Hall–Kier alpha value is -1.82. The summed E-state index contributed by atoms with van der Waals surface area (Å²) in [6.45, 7) is 2.42. The molecule has 2 aromatic rings. The molecule has 0 saturated carbocycles. The Morgan fingerprint density at radius 1 is 1.44 bits per heavy atom. The van der Waals surface area contributed by atoms with E-state index in [1.165, 1.54) is 11.3 Å². The Morgan fingerprint density at radius 3 is 3.00 bits per heavy atom. The number of rotatable bonds is 4. The fourth-order valence-electron chi connectivity index (χ4n) is 1.14. The second-order valence-corrected chi connectivity index (χ2v) is 3.92. The summed E-state index contributed by atoms with van der Waals surface area (Å²) in [6.07, 6.45) is 5.49. The fraction of sp³-hybridized carbons (Fsp3) is 0.200. The molecule has 0 aliphatic heterocycles. The molecule has 0 aliphatic rings. The zero-order valence-electron chi connectivity index (χ0n) is 8.58. The van der Waals surface area contributed by atoms with Gasteiger partial charge in [0.15, 0.2) is 11.3 Å². The zero-order valence-corrected chi connectivity index (χ0v) is 9.40. The lowest BCUT2D eigenvalue weighted by Crippen LogP contribution is -1.95. The van der Waals surface area contributed by atoms with Crippen LogP contribution in [0.25, 0.3) is 10.6 Å². The van der Waals surface area contributed by atoms with Gasteiger partial charge in [-0.05, 0) is 6.92 Å². The largest absolute Gasteiger partial charge is 0.477 e. The lowest BCUT2D eigenvalue weighted by Gasteiger charge is -2.01. The second-order valence-electron chi connectivity index (χ2n) is 2.86. The van der Waals surface area contributed by atoms with Crippen molar-refractivity contribution in [3.63, 3.8) is 0 Å². The Kier molecular flexibility index (Phi) is 3.21. The number of thiazole rings is 1. The third kappa shape index (κ3) is 2.22. The quantitative estimate of drug-likeness (QED) is 0.756. The van der Waals surface area contributed by atoms with Crippen LogP contribution in [0, 0.1) is 0 Å². The van der Waals surface area contributed by atoms with Crippen molar-refractivity contribution in [2.75, 3.05) is 6.61 Å². The van der Waals surface area contributed by atoms with Crippen molar-refractivity contribution in [2.45, 2.75) is 6.92 Å². The summed E-state index contributed by atoms with van der Waals surface area (Å²) < 4.78 is 5.24. The molecule has 0 unspecified atom stereocenters. The molecule has 0 saturated heterocycles. The standard InChI is InChI=1S/C10H9N3O2S/c1-2-15-9-5-11-3-7(13-9)8-4-12-10(6-14)16-8/h3-6H,2H2,1H3. The van der Waals surface area contributed by atoms with Gasteiger partial charge in [0.05, 0.1) is 23.9 Å². The Labute approximate surface area is 96.2 Å². The fourth-order valence-corrected chi connectivity index (χ4v) is 1.83. The molecule has 0 atom stereocenters. The molecule has 0 bridgehead atoms. The summed E-state index contributed by atoms with van der Waals surface area (Å²) in [5.74, 6) is 0.473. The zero-order chi connectivity index (χ0) is 11.4. The van der Waals surface area contributed by atoms with E-state index in [0.717, 1.165) is 4.88 Å². The minimum absolute atomic E-state index is 0.429. The predicted molar refractivity (Wildman–Crippen MR) is 59.7 cm³/mol. The smallest absolute Gasteiger partial charge is 0.232 e. The lowest BCUT2D eigenvalue weighted by atomic mass is 10.4. The van der Waals surface area contributed by atoms with Gasteiger partial charge in [-0.25, -0.2) is 9.97 Å². The van der Waals surface area contributed by atoms with E-state index in [0.29, 0.717) is 29.5 Å². The molecule has 6 heteroatoms. The van der Waals surface area contributed by atoms with Gasteiger partial charge < -0.3 is 4.74 Å². The molecule has 0 amide bonds. The van der Waals surface area contributed by atoms with Crippen LogP contribution in [0.2, 0.25) is 0 Å². The molecule has 2 aromatic heterocycles. The molecule has 5 nitrogen and oxygen atoms in total. The molecule has 0 radical (unpaired) electrons. The van der Waals surface area contributed by atoms with Crippen molar-refractivity contribution in [1.82, 2.24) is 15.0 Å². The maximum Gasteiger partial charge on any atom is 0.232 e. The van der Waals surface area contributed by atoms with E-state index < -0.39 is 0 Å². The number of aldehydes is 1. The number of carbonyl (C=O) groups excluding carboxylic acids is 1. The number of carbonyl (C=O) groups is 1. The molecule has 2 rings (SSSR count). The van der Waals surface area contributed by atoms with Gasteiger partial charge >= 0.3 is 0 Å². The van der Waals surface area contributed by atoms with Crippen LogP contribution in [0.1, 0.15) is 16.7 Å². The monoisotopic (exact) mass is 235 g/mol. The van der Waals surface area contributed by atoms with Gasteiger partial charge in [-0.1, -0.05) is 0 Å². The minimum Gasteiger partial charge on any atom is -0.477 e. The van der Waals surface area contributed by atoms with Gasteiger partial charge in [0.1, 0.15) is 5.69 Å². The van der Waals surface area contributed by atoms with Crippen molar-refractivity contribution in [1.29, 1.82) is 0 Å². The van der Waals surface area contributed by atoms with Gasteiger partial charge in [-0.3, -0.25) is 9.78 Å².